The Morgan fingerprint density at radius 2 is 2.03 bits per heavy atom. The van der Waals surface area contributed by atoms with Crippen LogP contribution in [0, 0.1) is 5.92 Å². The van der Waals surface area contributed by atoms with Crippen molar-refractivity contribution in [3.8, 4) is 0 Å². The molecule has 2 aromatic rings. The predicted molar refractivity (Wildman–Crippen MR) is 101 cm³/mol. The van der Waals surface area contributed by atoms with Gasteiger partial charge in [0.1, 0.15) is 5.69 Å². The number of hydrogen-bond donors (Lipinski definition) is 0. The summed E-state index contributed by atoms with van der Waals surface area (Å²) >= 11 is 0. The molecule has 2 aliphatic heterocycles. The molecule has 10 heteroatoms. The molecule has 0 spiro atoms. The second-order valence-electron chi connectivity index (χ2n) is 8.04. The van der Waals surface area contributed by atoms with E-state index in [1.165, 1.54) is 4.90 Å². The molecule has 4 heterocycles. The van der Waals surface area contributed by atoms with Crippen LogP contribution < -0.4 is 0 Å². The Morgan fingerprint density at radius 1 is 1.27 bits per heavy atom. The van der Waals surface area contributed by atoms with Gasteiger partial charge in [0.05, 0.1) is 17.7 Å². The zero-order chi connectivity index (χ0) is 21.6. The van der Waals surface area contributed by atoms with Gasteiger partial charge >= 0.3 is 6.18 Å². The molecule has 0 unspecified atom stereocenters. The molecule has 0 aromatic carbocycles. The van der Waals surface area contributed by atoms with Gasteiger partial charge in [0.2, 0.25) is 11.8 Å². The van der Waals surface area contributed by atoms with E-state index in [0.29, 0.717) is 37.3 Å². The van der Waals surface area contributed by atoms with Crippen LogP contribution in [0.3, 0.4) is 0 Å². The lowest BCUT2D eigenvalue weighted by Crippen LogP contribution is -2.42. The molecule has 0 radical (unpaired) electrons. The van der Waals surface area contributed by atoms with E-state index in [1.54, 1.807) is 24.9 Å². The Bertz CT molecular complexity index is 987. The Labute approximate surface area is 171 Å². The lowest BCUT2D eigenvalue weighted by molar-refractivity contribution is -0.143. The first-order chi connectivity index (χ1) is 14.2. The summed E-state index contributed by atoms with van der Waals surface area (Å²) in [6, 6.07) is 2.16. The van der Waals surface area contributed by atoms with E-state index in [2.05, 4.69) is 10.1 Å². The molecule has 4 rings (SSSR count). The zero-order valence-electron chi connectivity index (χ0n) is 16.9. The number of rotatable bonds is 3. The molecule has 0 bridgehead atoms. The van der Waals surface area contributed by atoms with Crippen LogP contribution in [-0.4, -0.2) is 56.3 Å². The van der Waals surface area contributed by atoms with Crippen molar-refractivity contribution in [2.24, 2.45) is 5.92 Å². The summed E-state index contributed by atoms with van der Waals surface area (Å²) in [7, 11) is 1.67. The molecule has 7 nitrogen and oxygen atoms in total. The van der Waals surface area contributed by atoms with Crippen LogP contribution >= 0.6 is 0 Å². The summed E-state index contributed by atoms with van der Waals surface area (Å²) in [5.74, 6) is -0.621. The van der Waals surface area contributed by atoms with E-state index in [4.69, 9.17) is 0 Å². The van der Waals surface area contributed by atoms with E-state index >= 15 is 0 Å². The first-order valence-corrected chi connectivity index (χ1v) is 10.2. The molecule has 2 amide bonds. The first kappa shape index (κ1) is 20.6. The maximum absolute atomic E-state index is 13.6. The molecule has 162 valence electrons. The topological polar surface area (TPSA) is 70.8 Å². The fourth-order valence-electron chi connectivity index (χ4n) is 4.36. The highest BCUT2D eigenvalue weighted by molar-refractivity contribution is 5.89. The molecule has 2 saturated heterocycles. The van der Waals surface area contributed by atoms with Crippen molar-refractivity contribution in [1.29, 1.82) is 0 Å². The van der Waals surface area contributed by atoms with Gasteiger partial charge in [-0.2, -0.15) is 18.3 Å². The Hall–Kier alpha value is -2.65. The number of carbonyl (C=O) groups is 2. The fraction of sp³-hybridized carbons (Fsp3) is 0.600. The minimum atomic E-state index is -4.56. The Balaban J connectivity index is 1.70. The Kier molecular flexibility index (Phi) is 5.19. The average molecular weight is 423 g/mol. The summed E-state index contributed by atoms with van der Waals surface area (Å²) < 4.78 is 41.6. The van der Waals surface area contributed by atoms with Gasteiger partial charge in [-0.15, -0.1) is 0 Å². The number of carbonyl (C=O) groups excluding carboxylic acids is 2. The predicted octanol–water partition coefficient (Wildman–Crippen LogP) is 2.84. The van der Waals surface area contributed by atoms with Crippen molar-refractivity contribution in [3.63, 3.8) is 0 Å². The number of halogens is 3. The van der Waals surface area contributed by atoms with Crippen LogP contribution in [0.5, 0.6) is 0 Å². The fourth-order valence-corrected chi connectivity index (χ4v) is 4.36. The van der Waals surface area contributed by atoms with Gasteiger partial charge in [0, 0.05) is 38.3 Å². The molecular weight excluding hydrogens is 399 g/mol. The number of likely N-dealkylation sites (tertiary alicyclic amines) is 2. The van der Waals surface area contributed by atoms with Crippen molar-refractivity contribution >= 4 is 17.5 Å². The SMILES string of the molecule is CCc1cc(C(F)(F)F)n2nc([C@H]3CCCCN3C(=O)[C@@H]3CC(=O)N(C)C3)cc2n1. The number of fused-ring (bicyclic) bond motifs is 1. The molecule has 30 heavy (non-hydrogen) atoms. The number of aromatic nitrogens is 3. The summed E-state index contributed by atoms with van der Waals surface area (Å²) in [5.41, 5.74) is 0.00932. The van der Waals surface area contributed by atoms with E-state index < -0.39 is 23.8 Å². The van der Waals surface area contributed by atoms with Gasteiger partial charge in [-0.25, -0.2) is 9.50 Å². The number of piperidine rings is 1. The standard InChI is InChI=1S/C20H24F3N5O2/c1-3-13-9-16(20(21,22)23)28-17(24-13)10-14(25-28)15-6-4-5-7-27(15)19(30)12-8-18(29)26(2)11-12/h9-10,12,15H,3-8,11H2,1-2H3/t12-,15-/m1/s1. The van der Waals surface area contributed by atoms with Crippen molar-refractivity contribution in [1.82, 2.24) is 24.4 Å². The summed E-state index contributed by atoms with van der Waals surface area (Å²) in [5, 5.41) is 4.23. The van der Waals surface area contributed by atoms with Gasteiger partial charge < -0.3 is 9.80 Å². The van der Waals surface area contributed by atoms with Gasteiger partial charge in [-0.3, -0.25) is 9.59 Å². The van der Waals surface area contributed by atoms with E-state index in [0.717, 1.165) is 23.4 Å². The number of alkyl halides is 3. The molecule has 2 fully saturated rings. The van der Waals surface area contributed by atoms with Crippen molar-refractivity contribution < 1.29 is 22.8 Å². The van der Waals surface area contributed by atoms with Crippen LogP contribution in [0.2, 0.25) is 0 Å². The van der Waals surface area contributed by atoms with Crippen LogP contribution in [0.4, 0.5) is 13.2 Å². The molecule has 2 atom stereocenters. The van der Waals surface area contributed by atoms with E-state index in [9.17, 15) is 22.8 Å². The maximum atomic E-state index is 13.6. The highest BCUT2D eigenvalue weighted by atomic mass is 19.4. The van der Waals surface area contributed by atoms with Crippen molar-refractivity contribution in [2.75, 3.05) is 20.1 Å². The largest absolute Gasteiger partial charge is 0.433 e. The van der Waals surface area contributed by atoms with Gasteiger partial charge in [0.15, 0.2) is 5.65 Å². The monoisotopic (exact) mass is 423 g/mol. The Morgan fingerprint density at radius 3 is 2.67 bits per heavy atom. The van der Waals surface area contributed by atoms with Gasteiger partial charge in [-0.1, -0.05) is 6.92 Å². The lowest BCUT2D eigenvalue weighted by atomic mass is 9.96. The second kappa shape index (κ2) is 7.55. The molecule has 0 N–H and O–H groups in total. The summed E-state index contributed by atoms with van der Waals surface area (Å²) in [4.78, 5) is 32.5. The summed E-state index contributed by atoms with van der Waals surface area (Å²) in [6.07, 6.45) is -1.73. The molecule has 2 aliphatic rings. The third-order valence-corrected chi connectivity index (χ3v) is 5.97. The van der Waals surface area contributed by atoms with Crippen LogP contribution in [0.1, 0.15) is 55.7 Å². The molecule has 2 aromatic heterocycles. The van der Waals surface area contributed by atoms with Crippen LogP contribution in [0.15, 0.2) is 12.1 Å². The average Bonchev–Trinajstić information content (AvgIpc) is 3.28. The third-order valence-electron chi connectivity index (χ3n) is 5.97. The molecule has 0 aliphatic carbocycles. The minimum absolute atomic E-state index is 0.0687. The van der Waals surface area contributed by atoms with E-state index in [-0.39, 0.29) is 23.9 Å². The summed E-state index contributed by atoms with van der Waals surface area (Å²) in [6.45, 7) is 2.62. The number of amides is 2. The molecular formula is C20H24F3N5O2. The van der Waals surface area contributed by atoms with Gasteiger partial charge in [0.25, 0.3) is 0 Å². The van der Waals surface area contributed by atoms with Gasteiger partial charge in [-0.05, 0) is 31.7 Å². The molecule has 0 saturated carbocycles. The second-order valence-corrected chi connectivity index (χ2v) is 8.04. The number of hydrogen-bond acceptors (Lipinski definition) is 4. The minimum Gasteiger partial charge on any atom is -0.345 e. The quantitative estimate of drug-likeness (QED) is 0.761. The van der Waals surface area contributed by atoms with E-state index in [1.807, 2.05) is 0 Å². The first-order valence-electron chi connectivity index (χ1n) is 10.2. The van der Waals surface area contributed by atoms with Crippen LogP contribution in [-0.2, 0) is 22.2 Å². The smallest absolute Gasteiger partial charge is 0.345 e. The van der Waals surface area contributed by atoms with Crippen molar-refractivity contribution in [2.45, 2.75) is 51.2 Å². The zero-order valence-corrected chi connectivity index (χ0v) is 16.9. The maximum Gasteiger partial charge on any atom is 0.433 e. The number of nitrogens with zero attached hydrogens (tertiary/aromatic N) is 5. The third kappa shape index (κ3) is 3.63. The normalized spacial score (nSPS) is 22.9. The van der Waals surface area contributed by atoms with Crippen molar-refractivity contribution in [3.05, 3.63) is 29.2 Å². The number of aryl methyl sites for hydroxylation is 1. The van der Waals surface area contributed by atoms with Crippen LogP contribution in [0.25, 0.3) is 5.65 Å². The highest BCUT2D eigenvalue weighted by Gasteiger charge is 2.40. The lowest BCUT2D eigenvalue weighted by Gasteiger charge is -2.36. The highest BCUT2D eigenvalue weighted by Crippen LogP contribution is 2.35.